The van der Waals surface area contributed by atoms with Crippen molar-refractivity contribution in [2.45, 2.75) is 44.1 Å². The van der Waals surface area contributed by atoms with Gasteiger partial charge in [-0.15, -0.1) is 0 Å². The zero-order valence-corrected chi connectivity index (χ0v) is 11.9. The zero-order chi connectivity index (χ0) is 15.1. The number of carbonyl (C=O) groups excluding carboxylic acids is 1. The highest BCUT2D eigenvalue weighted by molar-refractivity contribution is 5.77. The second-order valence-corrected chi connectivity index (χ2v) is 5.33. The van der Waals surface area contributed by atoms with Crippen molar-refractivity contribution in [2.75, 3.05) is 6.61 Å². The Bertz CT molecular complexity index is 533. The molecule has 112 valence electrons. The van der Waals surface area contributed by atoms with Crippen LogP contribution in [0.15, 0.2) is 24.3 Å². The van der Waals surface area contributed by atoms with Gasteiger partial charge in [0.15, 0.2) is 11.6 Å². The van der Waals surface area contributed by atoms with Crippen LogP contribution in [0, 0.1) is 17.1 Å². The number of amides is 1. The fourth-order valence-electron chi connectivity index (χ4n) is 2.56. The van der Waals surface area contributed by atoms with Crippen LogP contribution in [0.2, 0.25) is 0 Å². The van der Waals surface area contributed by atoms with E-state index in [4.69, 9.17) is 4.74 Å². The van der Waals surface area contributed by atoms with Gasteiger partial charge in [0.2, 0.25) is 5.91 Å². The molecule has 0 heterocycles. The lowest BCUT2D eigenvalue weighted by molar-refractivity contribution is -0.123. The maximum Gasteiger partial charge on any atom is 0.224 e. The Morgan fingerprint density at radius 3 is 2.71 bits per heavy atom. The maximum atomic E-state index is 13.3. The molecule has 0 atom stereocenters. The number of carbonyl (C=O) groups is 1. The molecule has 1 fully saturated rings. The number of para-hydroxylation sites is 1. The molecule has 1 amide bonds. The predicted octanol–water partition coefficient (Wildman–Crippen LogP) is 2.94. The third kappa shape index (κ3) is 4.19. The number of nitriles is 1. The van der Waals surface area contributed by atoms with Crippen LogP contribution in [0.3, 0.4) is 0 Å². The van der Waals surface area contributed by atoms with Gasteiger partial charge in [0.25, 0.3) is 0 Å². The van der Waals surface area contributed by atoms with Crippen LogP contribution in [0.4, 0.5) is 4.39 Å². The molecule has 0 saturated heterocycles. The molecule has 1 N–H and O–H groups in total. The lowest BCUT2D eigenvalue weighted by atomic mass is 9.83. The maximum absolute atomic E-state index is 13.3. The van der Waals surface area contributed by atoms with Crippen molar-refractivity contribution in [1.29, 1.82) is 5.26 Å². The third-order valence-corrected chi connectivity index (χ3v) is 3.72. The van der Waals surface area contributed by atoms with Gasteiger partial charge < -0.3 is 10.1 Å². The lowest BCUT2D eigenvalue weighted by Crippen LogP contribution is -2.48. The van der Waals surface area contributed by atoms with E-state index < -0.39 is 11.4 Å². The lowest BCUT2D eigenvalue weighted by Gasteiger charge is -2.31. The Morgan fingerprint density at radius 1 is 1.33 bits per heavy atom. The summed E-state index contributed by atoms with van der Waals surface area (Å²) in [6.45, 7) is 0.0915. The predicted molar refractivity (Wildman–Crippen MR) is 76.1 cm³/mol. The molecule has 1 aliphatic rings. The van der Waals surface area contributed by atoms with Gasteiger partial charge in [-0.3, -0.25) is 4.79 Å². The highest BCUT2D eigenvalue weighted by atomic mass is 19.1. The summed E-state index contributed by atoms with van der Waals surface area (Å²) in [5.41, 5.74) is -0.729. The van der Waals surface area contributed by atoms with E-state index in [-0.39, 0.29) is 24.7 Å². The highest BCUT2D eigenvalue weighted by Gasteiger charge is 2.33. The second-order valence-electron chi connectivity index (χ2n) is 5.33. The molecule has 21 heavy (non-hydrogen) atoms. The van der Waals surface area contributed by atoms with Gasteiger partial charge in [0, 0.05) is 0 Å². The van der Waals surface area contributed by atoms with E-state index in [0.29, 0.717) is 12.8 Å². The van der Waals surface area contributed by atoms with Crippen molar-refractivity contribution in [3.8, 4) is 11.8 Å². The Morgan fingerprint density at radius 2 is 2.05 bits per heavy atom. The van der Waals surface area contributed by atoms with Crippen LogP contribution in [0.25, 0.3) is 0 Å². The summed E-state index contributed by atoms with van der Waals surface area (Å²) < 4.78 is 18.6. The van der Waals surface area contributed by atoms with E-state index in [1.165, 1.54) is 12.1 Å². The standard InChI is InChI=1S/C16H19FN2O2/c17-13-6-2-3-7-14(13)21-11-8-15(20)19-16(12-18)9-4-1-5-10-16/h2-3,6-7H,1,4-5,8-11H2,(H,19,20). The Balaban J connectivity index is 1.80. The SMILES string of the molecule is N#CC1(NC(=O)CCOc2ccccc2F)CCCCC1. The second kappa shape index (κ2) is 7.07. The van der Waals surface area contributed by atoms with Crippen LogP contribution in [-0.4, -0.2) is 18.1 Å². The summed E-state index contributed by atoms with van der Waals surface area (Å²) in [6.07, 6.45) is 4.53. The van der Waals surface area contributed by atoms with Crippen molar-refractivity contribution in [3.05, 3.63) is 30.1 Å². The summed E-state index contributed by atoms with van der Waals surface area (Å²) in [5.74, 6) is -0.536. The molecule has 0 aromatic heterocycles. The first kappa shape index (κ1) is 15.3. The first-order valence-corrected chi connectivity index (χ1v) is 7.25. The fourth-order valence-corrected chi connectivity index (χ4v) is 2.56. The molecule has 5 heteroatoms. The number of nitrogens with one attached hydrogen (secondary N) is 1. The molecule has 0 aliphatic heterocycles. The zero-order valence-electron chi connectivity index (χ0n) is 11.9. The van der Waals surface area contributed by atoms with Crippen LogP contribution in [-0.2, 0) is 4.79 Å². The largest absolute Gasteiger partial charge is 0.490 e. The van der Waals surface area contributed by atoms with E-state index >= 15 is 0 Å². The first-order chi connectivity index (χ1) is 10.2. The molecule has 4 nitrogen and oxygen atoms in total. The van der Waals surface area contributed by atoms with Gasteiger partial charge in [0.1, 0.15) is 5.54 Å². The smallest absolute Gasteiger partial charge is 0.224 e. The van der Waals surface area contributed by atoms with Crippen molar-refractivity contribution in [3.63, 3.8) is 0 Å². The van der Waals surface area contributed by atoms with Gasteiger partial charge in [-0.2, -0.15) is 5.26 Å². The molecule has 1 aromatic rings. The minimum atomic E-state index is -0.729. The van der Waals surface area contributed by atoms with Gasteiger partial charge in [-0.1, -0.05) is 31.4 Å². The van der Waals surface area contributed by atoms with E-state index in [1.807, 2.05) is 0 Å². The van der Waals surface area contributed by atoms with Crippen molar-refractivity contribution >= 4 is 5.91 Å². The molecular formula is C16H19FN2O2. The van der Waals surface area contributed by atoms with Crippen LogP contribution < -0.4 is 10.1 Å². The van der Waals surface area contributed by atoms with E-state index in [0.717, 1.165) is 19.3 Å². The van der Waals surface area contributed by atoms with Crippen LogP contribution >= 0.6 is 0 Å². The van der Waals surface area contributed by atoms with Gasteiger partial charge in [0.05, 0.1) is 19.1 Å². The number of hydrogen-bond donors (Lipinski definition) is 1. The van der Waals surface area contributed by atoms with Crippen molar-refractivity contribution in [2.24, 2.45) is 0 Å². The number of ether oxygens (including phenoxy) is 1. The topological polar surface area (TPSA) is 62.1 Å². The van der Waals surface area contributed by atoms with E-state index in [1.54, 1.807) is 12.1 Å². The Kier molecular flexibility index (Phi) is 5.15. The molecule has 0 bridgehead atoms. The monoisotopic (exact) mass is 290 g/mol. The average molecular weight is 290 g/mol. The van der Waals surface area contributed by atoms with E-state index in [2.05, 4.69) is 11.4 Å². The van der Waals surface area contributed by atoms with Gasteiger partial charge in [-0.05, 0) is 25.0 Å². The van der Waals surface area contributed by atoms with Gasteiger partial charge >= 0.3 is 0 Å². The molecule has 0 spiro atoms. The Hall–Kier alpha value is -2.09. The molecule has 0 unspecified atom stereocenters. The number of nitrogens with zero attached hydrogens (tertiary/aromatic N) is 1. The summed E-state index contributed by atoms with van der Waals surface area (Å²) in [6, 6.07) is 8.31. The number of rotatable bonds is 5. The third-order valence-electron chi connectivity index (χ3n) is 3.72. The average Bonchev–Trinajstić information content (AvgIpc) is 2.50. The molecule has 2 rings (SSSR count). The summed E-state index contributed by atoms with van der Waals surface area (Å²) >= 11 is 0. The molecule has 1 aliphatic carbocycles. The molecule has 1 saturated carbocycles. The quantitative estimate of drug-likeness (QED) is 0.907. The van der Waals surface area contributed by atoms with E-state index in [9.17, 15) is 14.4 Å². The van der Waals surface area contributed by atoms with Crippen molar-refractivity contribution in [1.82, 2.24) is 5.32 Å². The Labute approximate surface area is 123 Å². The number of hydrogen-bond acceptors (Lipinski definition) is 3. The normalized spacial score (nSPS) is 16.8. The molecule has 0 radical (unpaired) electrons. The summed E-state index contributed by atoms with van der Waals surface area (Å²) in [5, 5.41) is 12.1. The number of benzene rings is 1. The molecule has 1 aromatic carbocycles. The minimum Gasteiger partial charge on any atom is -0.490 e. The van der Waals surface area contributed by atoms with Crippen LogP contribution in [0.1, 0.15) is 38.5 Å². The van der Waals surface area contributed by atoms with Crippen molar-refractivity contribution < 1.29 is 13.9 Å². The minimum absolute atomic E-state index is 0.0915. The molecular weight excluding hydrogens is 271 g/mol. The summed E-state index contributed by atoms with van der Waals surface area (Å²) in [7, 11) is 0. The fraction of sp³-hybridized carbons (Fsp3) is 0.500. The summed E-state index contributed by atoms with van der Waals surface area (Å²) in [4.78, 5) is 11.9. The van der Waals surface area contributed by atoms with Gasteiger partial charge in [-0.25, -0.2) is 4.39 Å². The first-order valence-electron chi connectivity index (χ1n) is 7.25. The van der Waals surface area contributed by atoms with Crippen LogP contribution in [0.5, 0.6) is 5.75 Å². The highest BCUT2D eigenvalue weighted by Crippen LogP contribution is 2.27. The number of halogens is 1.